The summed E-state index contributed by atoms with van der Waals surface area (Å²) in [5, 5.41) is 19.7. The summed E-state index contributed by atoms with van der Waals surface area (Å²) in [7, 11) is 0. The summed E-state index contributed by atoms with van der Waals surface area (Å²) in [5.74, 6) is 0.504. The first kappa shape index (κ1) is 13.0. The molecule has 98 valence electrons. The van der Waals surface area contributed by atoms with Crippen LogP contribution >= 0.6 is 11.9 Å². The Kier molecular flexibility index (Phi) is 3.93. The molecular formula is C11H15N3O3S. The van der Waals surface area contributed by atoms with Crippen molar-refractivity contribution in [1.82, 2.24) is 0 Å². The lowest BCUT2D eigenvalue weighted by Gasteiger charge is -2.27. The highest BCUT2D eigenvalue weighted by molar-refractivity contribution is 7.97. The average Bonchev–Trinajstić information content (AvgIpc) is 2.37. The minimum absolute atomic E-state index is 0.0150. The number of nitrogens with one attached hydrogen (secondary N) is 1. The first-order chi connectivity index (χ1) is 8.65. The van der Waals surface area contributed by atoms with Gasteiger partial charge in [0, 0.05) is 11.0 Å². The number of nitro benzene ring substituents is 1. The number of hydrogen-bond donors (Lipinski definition) is 2. The fourth-order valence-corrected chi connectivity index (χ4v) is 2.34. The van der Waals surface area contributed by atoms with Gasteiger partial charge in [0.25, 0.3) is 5.69 Å². The van der Waals surface area contributed by atoms with Crippen molar-refractivity contribution in [2.45, 2.75) is 30.7 Å². The number of benzene rings is 1. The third kappa shape index (κ3) is 2.51. The molecule has 2 rings (SSSR count). The van der Waals surface area contributed by atoms with Crippen molar-refractivity contribution in [2.24, 2.45) is 5.14 Å². The fourth-order valence-electron chi connectivity index (χ4n) is 1.99. The summed E-state index contributed by atoms with van der Waals surface area (Å²) in [4.78, 5) is 11.3. The van der Waals surface area contributed by atoms with Gasteiger partial charge in [0.1, 0.15) is 6.61 Å². The molecule has 1 aromatic carbocycles. The van der Waals surface area contributed by atoms with Gasteiger partial charge in [-0.15, -0.1) is 0 Å². The lowest BCUT2D eigenvalue weighted by molar-refractivity contribution is -0.384. The molecule has 0 saturated heterocycles. The van der Waals surface area contributed by atoms with E-state index in [9.17, 15) is 10.1 Å². The zero-order valence-electron chi connectivity index (χ0n) is 10.0. The first-order valence-corrected chi connectivity index (χ1v) is 6.62. The summed E-state index contributed by atoms with van der Waals surface area (Å²) in [6.45, 7) is 2.59. The summed E-state index contributed by atoms with van der Waals surface area (Å²) < 4.78 is 5.59. The lowest BCUT2D eigenvalue weighted by Crippen LogP contribution is -2.31. The van der Waals surface area contributed by atoms with E-state index in [1.807, 2.05) is 0 Å². The molecule has 0 aromatic heterocycles. The molecule has 0 aliphatic carbocycles. The number of ether oxygens (including phenoxy) is 1. The molecule has 0 bridgehead atoms. The number of rotatable bonds is 4. The molecule has 1 aliphatic rings. The Bertz CT molecular complexity index is 467. The van der Waals surface area contributed by atoms with E-state index >= 15 is 0 Å². The maximum atomic E-state index is 11.1. The highest BCUT2D eigenvalue weighted by atomic mass is 32.2. The van der Waals surface area contributed by atoms with Gasteiger partial charge < -0.3 is 10.1 Å². The van der Waals surface area contributed by atoms with Crippen LogP contribution in [0.15, 0.2) is 17.0 Å². The van der Waals surface area contributed by atoms with Crippen LogP contribution in [0.4, 0.5) is 11.4 Å². The maximum absolute atomic E-state index is 11.1. The average molecular weight is 269 g/mol. The SMILES string of the molecule is CCCC1COc2cc(SN)cc([N+](=O)[O-])c2N1. The second-order valence-corrected chi connectivity index (χ2v) is 4.84. The highest BCUT2D eigenvalue weighted by Gasteiger charge is 2.27. The Balaban J connectivity index is 2.38. The minimum atomic E-state index is -0.413. The van der Waals surface area contributed by atoms with Gasteiger partial charge in [-0.05, 0) is 24.4 Å². The molecule has 1 atom stereocenters. The Hall–Kier alpha value is -1.47. The standard InChI is InChI=1S/C11H15N3O3S/c1-2-3-7-6-17-10-5-8(18-12)4-9(14(15)16)11(10)13-7/h4-5,7,13H,2-3,6,12H2,1H3. The lowest BCUT2D eigenvalue weighted by atomic mass is 10.1. The van der Waals surface area contributed by atoms with Crippen LogP contribution in [0.1, 0.15) is 19.8 Å². The van der Waals surface area contributed by atoms with Gasteiger partial charge >= 0.3 is 0 Å². The second-order valence-electron chi connectivity index (χ2n) is 4.13. The van der Waals surface area contributed by atoms with Crippen LogP contribution in [0.5, 0.6) is 5.75 Å². The van der Waals surface area contributed by atoms with E-state index in [0.717, 1.165) is 24.8 Å². The molecule has 6 nitrogen and oxygen atoms in total. The molecule has 1 aliphatic heterocycles. The quantitative estimate of drug-likeness (QED) is 0.496. The zero-order chi connectivity index (χ0) is 13.1. The molecule has 3 N–H and O–H groups in total. The molecule has 1 aromatic rings. The second kappa shape index (κ2) is 5.45. The number of nitro groups is 1. The van der Waals surface area contributed by atoms with Crippen LogP contribution in [-0.2, 0) is 0 Å². The van der Waals surface area contributed by atoms with Crippen molar-refractivity contribution in [2.75, 3.05) is 11.9 Å². The largest absolute Gasteiger partial charge is 0.489 e. The van der Waals surface area contributed by atoms with Crippen LogP contribution in [0.25, 0.3) is 0 Å². The van der Waals surface area contributed by atoms with Crippen LogP contribution in [0, 0.1) is 10.1 Å². The molecule has 18 heavy (non-hydrogen) atoms. The number of hydrogen-bond acceptors (Lipinski definition) is 6. The maximum Gasteiger partial charge on any atom is 0.297 e. The summed E-state index contributed by atoms with van der Waals surface area (Å²) in [5.41, 5.74) is 0.476. The molecule has 0 fully saturated rings. The molecule has 0 saturated carbocycles. The van der Waals surface area contributed by atoms with Gasteiger partial charge in [-0.2, -0.15) is 0 Å². The van der Waals surface area contributed by atoms with Gasteiger partial charge in [-0.25, -0.2) is 0 Å². The van der Waals surface area contributed by atoms with E-state index in [4.69, 9.17) is 9.88 Å². The Morgan fingerprint density at radius 1 is 1.67 bits per heavy atom. The van der Waals surface area contributed by atoms with E-state index in [-0.39, 0.29) is 11.7 Å². The Morgan fingerprint density at radius 3 is 3.06 bits per heavy atom. The monoisotopic (exact) mass is 269 g/mol. The predicted molar refractivity (Wildman–Crippen MR) is 71.0 cm³/mol. The van der Waals surface area contributed by atoms with Crippen molar-refractivity contribution in [3.63, 3.8) is 0 Å². The van der Waals surface area contributed by atoms with Gasteiger partial charge in [-0.3, -0.25) is 15.3 Å². The number of nitrogens with two attached hydrogens (primary N) is 1. The molecule has 0 spiro atoms. The number of nitrogens with zero attached hydrogens (tertiary/aromatic N) is 1. The van der Waals surface area contributed by atoms with Gasteiger partial charge in [-0.1, -0.05) is 13.3 Å². The van der Waals surface area contributed by atoms with Crippen molar-refractivity contribution in [3.05, 3.63) is 22.2 Å². The zero-order valence-corrected chi connectivity index (χ0v) is 10.8. The van der Waals surface area contributed by atoms with E-state index in [0.29, 0.717) is 22.9 Å². The van der Waals surface area contributed by atoms with Crippen molar-refractivity contribution < 1.29 is 9.66 Å². The Morgan fingerprint density at radius 2 is 2.44 bits per heavy atom. The van der Waals surface area contributed by atoms with E-state index in [2.05, 4.69) is 12.2 Å². The first-order valence-electron chi connectivity index (χ1n) is 5.74. The van der Waals surface area contributed by atoms with E-state index in [1.54, 1.807) is 6.07 Å². The Labute approximate surface area is 109 Å². The molecule has 0 radical (unpaired) electrons. The third-order valence-electron chi connectivity index (χ3n) is 2.81. The highest BCUT2D eigenvalue weighted by Crippen LogP contribution is 2.40. The smallest absolute Gasteiger partial charge is 0.297 e. The van der Waals surface area contributed by atoms with Gasteiger partial charge in [0.15, 0.2) is 11.4 Å². The molecule has 0 amide bonds. The topological polar surface area (TPSA) is 90.4 Å². The molecule has 1 unspecified atom stereocenters. The van der Waals surface area contributed by atoms with Crippen LogP contribution in [0.3, 0.4) is 0 Å². The number of anilines is 1. The van der Waals surface area contributed by atoms with Crippen molar-refractivity contribution >= 4 is 23.3 Å². The molecule has 1 heterocycles. The predicted octanol–water partition coefficient (Wildman–Crippen LogP) is 2.53. The van der Waals surface area contributed by atoms with Gasteiger partial charge in [0.05, 0.1) is 11.0 Å². The van der Waals surface area contributed by atoms with Crippen molar-refractivity contribution in [1.29, 1.82) is 0 Å². The third-order valence-corrected chi connectivity index (χ3v) is 3.32. The molecule has 7 heteroatoms. The van der Waals surface area contributed by atoms with Crippen LogP contribution in [0.2, 0.25) is 0 Å². The fraction of sp³-hybridized carbons (Fsp3) is 0.455. The van der Waals surface area contributed by atoms with E-state index in [1.165, 1.54) is 6.07 Å². The van der Waals surface area contributed by atoms with Crippen LogP contribution in [-0.4, -0.2) is 17.6 Å². The molecular weight excluding hydrogens is 254 g/mol. The van der Waals surface area contributed by atoms with Gasteiger partial charge in [0.2, 0.25) is 0 Å². The normalized spacial score (nSPS) is 17.6. The van der Waals surface area contributed by atoms with Crippen molar-refractivity contribution in [3.8, 4) is 5.75 Å². The summed E-state index contributed by atoms with van der Waals surface area (Å²) in [6.07, 6.45) is 1.92. The van der Waals surface area contributed by atoms with Crippen LogP contribution < -0.4 is 15.2 Å². The van der Waals surface area contributed by atoms with E-state index < -0.39 is 4.92 Å². The minimum Gasteiger partial charge on any atom is -0.489 e. The summed E-state index contributed by atoms with van der Waals surface area (Å²) in [6, 6.07) is 3.31. The number of fused-ring (bicyclic) bond motifs is 1. The summed E-state index contributed by atoms with van der Waals surface area (Å²) >= 11 is 0.972.